The molecule has 0 saturated heterocycles. The molecule has 0 saturated carbocycles. The van der Waals surface area contributed by atoms with E-state index < -0.39 is 18.0 Å². The number of nitrogens with one attached hydrogen (secondary N) is 1. The lowest BCUT2D eigenvalue weighted by atomic mass is 10.3. The Bertz CT molecular complexity index is 482. The first-order chi connectivity index (χ1) is 8.90. The van der Waals surface area contributed by atoms with E-state index in [9.17, 15) is 9.59 Å². The number of carbonyl (C=O) groups is 2. The summed E-state index contributed by atoms with van der Waals surface area (Å²) in [6, 6.07) is 4.81. The summed E-state index contributed by atoms with van der Waals surface area (Å²) in [5.41, 5.74) is 0. The Balaban J connectivity index is 2.40. The third-order valence-corrected chi connectivity index (χ3v) is 2.89. The Morgan fingerprint density at radius 2 is 2.16 bits per heavy atom. The maximum Gasteiger partial charge on any atom is 0.334 e. The lowest BCUT2D eigenvalue weighted by molar-refractivity contribution is -0.146. The molecular formula is C11H11BrClNO5. The third kappa shape index (κ3) is 5.46. The van der Waals surface area contributed by atoms with Crippen molar-refractivity contribution in [2.45, 2.75) is 6.10 Å². The summed E-state index contributed by atoms with van der Waals surface area (Å²) in [6.45, 7) is -0.675. The highest BCUT2D eigenvalue weighted by atomic mass is 79.9. The number of carboxylic acids is 1. The van der Waals surface area contributed by atoms with E-state index in [1.165, 1.54) is 0 Å². The molecule has 0 aliphatic carbocycles. The zero-order valence-corrected chi connectivity index (χ0v) is 11.9. The van der Waals surface area contributed by atoms with Crippen LogP contribution in [0, 0.1) is 0 Å². The third-order valence-electron chi connectivity index (χ3n) is 2.03. The number of aliphatic hydroxyl groups is 1. The van der Waals surface area contributed by atoms with Crippen LogP contribution in [-0.4, -0.2) is 41.3 Å². The second-order valence-corrected chi connectivity index (χ2v) is 4.81. The number of halogens is 2. The molecule has 8 heteroatoms. The molecule has 1 amide bonds. The van der Waals surface area contributed by atoms with E-state index in [4.69, 9.17) is 26.6 Å². The molecule has 0 radical (unpaired) electrons. The summed E-state index contributed by atoms with van der Waals surface area (Å²) < 4.78 is 5.80. The maximum absolute atomic E-state index is 11.3. The monoisotopic (exact) mass is 351 g/mol. The van der Waals surface area contributed by atoms with E-state index in [2.05, 4.69) is 21.2 Å². The van der Waals surface area contributed by atoms with Gasteiger partial charge >= 0.3 is 5.97 Å². The van der Waals surface area contributed by atoms with Crippen molar-refractivity contribution in [2.24, 2.45) is 0 Å². The van der Waals surface area contributed by atoms with Gasteiger partial charge in [0.15, 0.2) is 12.7 Å². The minimum Gasteiger partial charge on any atom is -0.483 e. The highest BCUT2D eigenvalue weighted by molar-refractivity contribution is 9.10. The fraction of sp³-hybridized carbons (Fsp3) is 0.273. The number of rotatable bonds is 6. The predicted molar refractivity (Wildman–Crippen MR) is 71.3 cm³/mol. The molecular weight excluding hydrogens is 341 g/mol. The molecule has 19 heavy (non-hydrogen) atoms. The van der Waals surface area contributed by atoms with Crippen molar-refractivity contribution in [3.63, 3.8) is 0 Å². The highest BCUT2D eigenvalue weighted by Gasteiger charge is 2.14. The predicted octanol–water partition coefficient (Wildman–Crippen LogP) is 1.04. The molecule has 0 aliphatic rings. The lowest BCUT2D eigenvalue weighted by Gasteiger charge is -2.10. The highest BCUT2D eigenvalue weighted by Crippen LogP contribution is 2.27. The number of carbonyl (C=O) groups excluding carboxylic acids is 1. The second-order valence-electron chi connectivity index (χ2n) is 3.52. The van der Waals surface area contributed by atoms with Gasteiger partial charge in [0.2, 0.25) is 0 Å². The SMILES string of the molecule is O=C(COc1ccc(Cl)cc1Br)NC[C@H](O)C(=O)O. The van der Waals surface area contributed by atoms with Crippen molar-refractivity contribution in [1.29, 1.82) is 0 Å². The number of amides is 1. The Morgan fingerprint density at radius 3 is 2.74 bits per heavy atom. The van der Waals surface area contributed by atoms with E-state index in [0.29, 0.717) is 15.2 Å². The Morgan fingerprint density at radius 1 is 1.47 bits per heavy atom. The molecule has 0 aromatic heterocycles. The quantitative estimate of drug-likeness (QED) is 0.711. The zero-order valence-electron chi connectivity index (χ0n) is 9.60. The Kier molecular flexibility index (Phi) is 6.07. The summed E-state index contributed by atoms with van der Waals surface area (Å²) in [5.74, 6) is -1.51. The maximum atomic E-state index is 11.3. The molecule has 0 heterocycles. The number of ether oxygens (including phenoxy) is 1. The van der Waals surface area contributed by atoms with Gasteiger partial charge in [-0.3, -0.25) is 4.79 Å². The molecule has 1 rings (SSSR count). The topological polar surface area (TPSA) is 95.9 Å². The van der Waals surface area contributed by atoms with Crippen molar-refractivity contribution in [3.05, 3.63) is 27.7 Å². The van der Waals surface area contributed by atoms with Crippen LogP contribution in [0.25, 0.3) is 0 Å². The van der Waals surface area contributed by atoms with Crippen LogP contribution < -0.4 is 10.1 Å². The molecule has 0 bridgehead atoms. The Labute approximate surface area is 122 Å². The summed E-state index contributed by atoms with van der Waals surface area (Å²) in [7, 11) is 0. The standard InChI is InChI=1S/C11H11BrClNO5/c12-7-3-6(13)1-2-9(7)19-5-10(16)14-4-8(15)11(17)18/h1-3,8,15H,4-5H2,(H,14,16)(H,17,18)/t8-/m0/s1. The lowest BCUT2D eigenvalue weighted by Crippen LogP contribution is -2.38. The largest absolute Gasteiger partial charge is 0.483 e. The second kappa shape index (κ2) is 7.32. The van der Waals surface area contributed by atoms with Gasteiger partial charge in [-0.15, -0.1) is 0 Å². The van der Waals surface area contributed by atoms with Gasteiger partial charge in [-0.05, 0) is 34.1 Å². The number of aliphatic hydroxyl groups excluding tert-OH is 1. The van der Waals surface area contributed by atoms with Gasteiger partial charge in [-0.1, -0.05) is 11.6 Å². The van der Waals surface area contributed by atoms with Crippen molar-refractivity contribution in [2.75, 3.05) is 13.2 Å². The average Bonchev–Trinajstić information content (AvgIpc) is 2.34. The summed E-state index contributed by atoms with van der Waals surface area (Å²) in [4.78, 5) is 21.7. The first-order valence-corrected chi connectivity index (χ1v) is 6.32. The van der Waals surface area contributed by atoms with Crippen LogP contribution in [0.4, 0.5) is 0 Å². The minimum absolute atomic E-state index is 0.299. The van der Waals surface area contributed by atoms with E-state index in [-0.39, 0.29) is 13.2 Å². The average molecular weight is 353 g/mol. The van der Waals surface area contributed by atoms with Gasteiger partial charge in [-0.25, -0.2) is 4.79 Å². The summed E-state index contributed by atoms with van der Waals surface area (Å²) >= 11 is 8.97. The van der Waals surface area contributed by atoms with Crippen LogP contribution >= 0.6 is 27.5 Å². The van der Waals surface area contributed by atoms with Crippen LogP contribution in [0.2, 0.25) is 5.02 Å². The van der Waals surface area contributed by atoms with Crippen LogP contribution in [0.15, 0.2) is 22.7 Å². The normalized spacial score (nSPS) is 11.7. The van der Waals surface area contributed by atoms with Gasteiger partial charge < -0.3 is 20.3 Å². The molecule has 0 aliphatic heterocycles. The van der Waals surface area contributed by atoms with E-state index >= 15 is 0 Å². The summed E-state index contributed by atoms with van der Waals surface area (Å²) in [6.07, 6.45) is -1.63. The number of hydrogen-bond donors (Lipinski definition) is 3. The number of aliphatic carboxylic acids is 1. The summed E-state index contributed by atoms with van der Waals surface area (Å²) in [5, 5.41) is 20.1. The van der Waals surface area contributed by atoms with Crippen molar-refractivity contribution >= 4 is 39.4 Å². The smallest absolute Gasteiger partial charge is 0.334 e. The van der Waals surface area contributed by atoms with E-state index in [1.54, 1.807) is 18.2 Å². The van der Waals surface area contributed by atoms with Crippen LogP contribution in [0.1, 0.15) is 0 Å². The molecule has 3 N–H and O–H groups in total. The zero-order chi connectivity index (χ0) is 14.4. The van der Waals surface area contributed by atoms with Crippen molar-refractivity contribution in [3.8, 4) is 5.75 Å². The van der Waals surface area contributed by atoms with Crippen LogP contribution in [0.3, 0.4) is 0 Å². The van der Waals surface area contributed by atoms with Gasteiger partial charge in [0.1, 0.15) is 5.75 Å². The first kappa shape index (κ1) is 15.7. The van der Waals surface area contributed by atoms with Crippen LogP contribution in [0.5, 0.6) is 5.75 Å². The number of carboxylic acid groups (broad SMARTS) is 1. The molecule has 6 nitrogen and oxygen atoms in total. The molecule has 1 atom stereocenters. The number of benzene rings is 1. The van der Waals surface area contributed by atoms with Crippen molar-refractivity contribution in [1.82, 2.24) is 5.32 Å². The van der Waals surface area contributed by atoms with Gasteiger partial charge in [-0.2, -0.15) is 0 Å². The molecule has 0 fully saturated rings. The van der Waals surface area contributed by atoms with E-state index in [1.807, 2.05) is 0 Å². The van der Waals surface area contributed by atoms with Gasteiger partial charge in [0, 0.05) is 5.02 Å². The fourth-order valence-corrected chi connectivity index (χ4v) is 1.88. The van der Waals surface area contributed by atoms with E-state index in [0.717, 1.165) is 0 Å². The first-order valence-electron chi connectivity index (χ1n) is 5.15. The molecule has 104 valence electrons. The molecule has 1 aromatic rings. The van der Waals surface area contributed by atoms with Gasteiger partial charge in [0.25, 0.3) is 5.91 Å². The molecule has 0 spiro atoms. The van der Waals surface area contributed by atoms with Crippen molar-refractivity contribution < 1.29 is 24.5 Å². The number of hydrogen-bond acceptors (Lipinski definition) is 4. The van der Waals surface area contributed by atoms with Crippen LogP contribution in [-0.2, 0) is 9.59 Å². The molecule has 1 aromatic carbocycles. The fourth-order valence-electron chi connectivity index (χ4n) is 1.08. The molecule has 0 unspecified atom stereocenters. The van der Waals surface area contributed by atoms with Gasteiger partial charge in [0.05, 0.1) is 11.0 Å². The minimum atomic E-state index is -1.63. The Hall–Kier alpha value is -1.31.